The standard InChI is InChI=1S/C30H41N5O5/c1-20-17-35(21(2)19-36)28(37)24-15-10-16-25(33-29(38)31-22-11-6-4-7-12-22)27(24)40-26(20)18-34(3)30(39)32-23-13-8-5-9-14-23/h5,8-10,13-16,20-22,26,36H,4,6-7,11-12,17-19H2,1-3H3,(H,32,39)(H2,31,33,38)/t20-,21-,26-/m0/s1. The summed E-state index contributed by atoms with van der Waals surface area (Å²) in [6, 6.07) is 13.3. The maximum absolute atomic E-state index is 13.7. The molecule has 1 aliphatic heterocycles. The van der Waals surface area contributed by atoms with E-state index in [1.807, 2.05) is 37.3 Å². The molecule has 4 rings (SSSR count). The molecule has 1 saturated carbocycles. The molecule has 40 heavy (non-hydrogen) atoms. The van der Waals surface area contributed by atoms with Crippen LogP contribution in [0.25, 0.3) is 0 Å². The number of hydrogen-bond acceptors (Lipinski definition) is 5. The van der Waals surface area contributed by atoms with Crippen LogP contribution < -0.4 is 20.7 Å². The van der Waals surface area contributed by atoms with Gasteiger partial charge in [-0.1, -0.05) is 50.5 Å². The number of carbonyl (C=O) groups is 3. The molecule has 0 aromatic heterocycles. The minimum Gasteiger partial charge on any atom is -0.485 e. The van der Waals surface area contributed by atoms with E-state index in [2.05, 4.69) is 16.0 Å². The normalized spacial score (nSPS) is 20.3. The van der Waals surface area contributed by atoms with Gasteiger partial charge in [0.1, 0.15) is 6.10 Å². The van der Waals surface area contributed by atoms with E-state index in [1.165, 1.54) is 6.42 Å². The van der Waals surface area contributed by atoms with Gasteiger partial charge in [0, 0.05) is 31.2 Å². The van der Waals surface area contributed by atoms with Crippen molar-refractivity contribution in [3.63, 3.8) is 0 Å². The largest absolute Gasteiger partial charge is 0.485 e. The average Bonchev–Trinajstić information content (AvgIpc) is 2.95. The van der Waals surface area contributed by atoms with E-state index in [4.69, 9.17) is 4.74 Å². The van der Waals surface area contributed by atoms with Crippen molar-refractivity contribution >= 4 is 29.3 Å². The summed E-state index contributed by atoms with van der Waals surface area (Å²) in [5, 5.41) is 18.7. The molecule has 0 unspecified atom stereocenters. The lowest BCUT2D eigenvalue weighted by Crippen LogP contribution is -2.50. The number of likely N-dealkylation sites (N-methyl/N-ethyl adjacent to an activating group) is 1. The molecular weight excluding hydrogens is 510 g/mol. The van der Waals surface area contributed by atoms with Crippen molar-refractivity contribution < 1.29 is 24.2 Å². The van der Waals surface area contributed by atoms with Crippen LogP contribution in [0.1, 0.15) is 56.3 Å². The number of nitrogens with one attached hydrogen (secondary N) is 3. The molecule has 1 aliphatic carbocycles. The lowest BCUT2D eigenvalue weighted by atomic mass is 9.96. The number of carbonyl (C=O) groups excluding carboxylic acids is 3. The first-order valence-electron chi connectivity index (χ1n) is 14.1. The molecule has 0 saturated heterocycles. The van der Waals surface area contributed by atoms with Gasteiger partial charge in [-0.05, 0) is 44.0 Å². The molecule has 4 N–H and O–H groups in total. The van der Waals surface area contributed by atoms with Crippen LogP contribution >= 0.6 is 0 Å². The fraction of sp³-hybridized carbons (Fsp3) is 0.500. The van der Waals surface area contributed by atoms with E-state index in [0.29, 0.717) is 23.5 Å². The average molecular weight is 552 g/mol. The van der Waals surface area contributed by atoms with Gasteiger partial charge in [0.25, 0.3) is 5.91 Å². The molecule has 0 bridgehead atoms. The minimum atomic E-state index is -0.504. The monoisotopic (exact) mass is 551 g/mol. The molecule has 2 aromatic rings. The summed E-state index contributed by atoms with van der Waals surface area (Å²) < 4.78 is 6.50. The zero-order valence-corrected chi connectivity index (χ0v) is 23.6. The van der Waals surface area contributed by atoms with Crippen molar-refractivity contribution in [3.05, 3.63) is 54.1 Å². The van der Waals surface area contributed by atoms with Gasteiger partial charge in [0.15, 0.2) is 5.75 Å². The van der Waals surface area contributed by atoms with E-state index >= 15 is 0 Å². The number of ether oxygens (including phenoxy) is 1. The molecule has 10 nitrogen and oxygen atoms in total. The highest BCUT2D eigenvalue weighted by molar-refractivity contribution is 6.01. The van der Waals surface area contributed by atoms with Gasteiger partial charge in [0.05, 0.1) is 30.4 Å². The minimum absolute atomic E-state index is 0.118. The molecule has 10 heteroatoms. The topological polar surface area (TPSA) is 123 Å². The second-order valence-electron chi connectivity index (χ2n) is 10.9. The number of amides is 5. The fourth-order valence-corrected chi connectivity index (χ4v) is 5.24. The second-order valence-corrected chi connectivity index (χ2v) is 10.9. The summed E-state index contributed by atoms with van der Waals surface area (Å²) in [7, 11) is 1.69. The number of benzene rings is 2. The van der Waals surface area contributed by atoms with Crippen molar-refractivity contribution in [2.24, 2.45) is 5.92 Å². The molecule has 0 radical (unpaired) electrons. The van der Waals surface area contributed by atoms with Crippen molar-refractivity contribution in [2.45, 2.75) is 64.1 Å². The van der Waals surface area contributed by atoms with Gasteiger partial charge in [0.2, 0.25) is 0 Å². The maximum Gasteiger partial charge on any atom is 0.321 e. The maximum atomic E-state index is 13.7. The molecule has 2 aromatic carbocycles. The number of anilines is 2. The SMILES string of the molecule is C[C@H]1CN([C@@H](C)CO)C(=O)c2cccc(NC(=O)NC3CCCCC3)c2O[C@H]1CN(C)C(=O)Nc1ccccc1. The van der Waals surface area contributed by atoms with Crippen LogP contribution in [0, 0.1) is 5.92 Å². The van der Waals surface area contributed by atoms with Crippen molar-refractivity contribution in [3.8, 4) is 5.75 Å². The third kappa shape index (κ3) is 7.24. The van der Waals surface area contributed by atoms with Crippen LogP contribution in [0.5, 0.6) is 5.75 Å². The number of para-hydroxylation sites is 2. The van der Waals surface area contributed by atoms with E-state index in [0.717, 1.165) is 25.7 Å². The highest BCUT2D eigenvalue weighted by atomic mass is 16.5. The Morgan fingerprint density at radius 2 is 1.80 bits per heavy atom. The van der Waals surface area contributed by atoms with E-state index in [9.17, 15) is 19.5 Å². The highest BCUT2D eigenvalue weighted by Crippen LogP contribution is 2.35. The van der Waals surface area contributed by atoms with Gasteiger partial charge in [-0.3, -0.25) is 4.79 Å². The van der Waals surface area contributed by atoms with Crippen molar-refractivity contribution in [1.29, 1.82) is 0 Å². The van der Waals surface area contributed by atoms with Crippen LogP contribution in [0.4, 0.5) is 21.0 Å². The van der Waals surface area contributed by atoms with Gasteiger partial charge in [-0.2, -0.15) is 0 Å². The number of nitrogens with zero attached hydrogens (tertiary/aromatic N) is 2. The first-order chi connectivity index (χ1) is 19.3. The quantitative estimate of drug-likeness (QED) is 0.403. The molecule has 0 spiro atoms. The van der Waals surface area contributed by atoms with E-state index < -0.39 is 12.1 Å². The van der Waals surface area contributed by atoms with Gasteiger partial charge < -0.3 is 35.6 Å². The predicted molar refractivity (Wildman–Crippen MR) is 155 cm³/mol. The Labute approximate surface area is 236 Å². The Balaban J connectivity index is 1.59. The van der Waals surface area contributed by atoms with E-state index in [-0.39, 0.29) is 48.8 Å². The van der Waals surface area contributed by atoms with Gasteiger partial charge in [-0.25, -0.2) is 9.59 Å². The van der Waals surface area contributed by atoms with E-state index in [1.54, 1.807) is 42.0 Å². The summed E-state index contributed by atoms with van der Waals surface area (Å²) in [6.07, 6.45) is 4.75. The summed E-state index contributed by atoms with van der Waals surface area (Å²) in [5.41, 5.74) is 1.36. The zero-order chi connectivity index (χ0) is 28.6. The number of aliphatic hydroxyl groups is 1. The first-order valence-corrected chi connectivity index (χ1v) is 14.1. The van der Waals surface area contributed by atoms with Crippen LogP contribution in [-0.4, -0.2) is 77.8 Å². The van der Waals surface area contributed by atoms with Crippen LogP contribution in [0.15, 0.2) is 48.5 Å². The zero-order valence-electron chi connectivity index (χ0n) is 23.6. The number of aliphatic hydroxyl groups excluding tert-OH is 1. The summed E-state index contributed by atoms with van der Waals surface area (Å²) in [5.74, 6) is -0.217. The van der Waals surface area contributed by atoms with Crippen LogP contribution in [0.3, 0.4) is 0 Å². The molecule has 2 aliphatic rings. The molecule has 216 valence electrons. The molecule has 3 atom stereocenters. The lowest BCUT2D eigenvalue weighted by molar-refractivity contribution is 0.0373. The van der Waals surface area contributed by atoms with Crippen molar-refractivity contribution in [1.82, 2.24) is 15.1 Å². The number of urea groups is 2. The summed E-state index contributed by atoms with van der Waals surface area (Å²) in [4.78, 5) is 42.7. The fourth-order valence-electron chi connectivity index (χ4n) is 5.24. The Morgan fingerprint density at radius 1 is 1.07 bits per heavy atom. The number of rotatable bonds is 7. The Morgan fingerprint density at radius 3 is 2.50 bits per heavy atom. The Kier molecular flexibility index (Phi) is 9.87. The Hall–Kier alpha value is -3.79. The molecular formula is C30H41N5O5. The van der Waals surface area contributed by atoms with Crippen LogP contribution in [-0.2, 0) is 0 Å². The third-order valence-corrected chi connectivity index (χ3v) is 7.71. The number of fused-ring (bicyclic) bond motifs is 1. The predicted octanol–water partition coefficient (Wildman–Crippen LogP) is 4.52. The Bertz CT molecular complexity index is 1170. The molecule has 1 fully saturated rings. The van der Waals surface area contributed by atoms with Crippen molar-refractivity contribution in [2.75, 3.05) is 37.4 Å². The summed E-state index contributed by atoms with van der Waals surface area (Å²) in [6.45, 7) is 4.12. The molecule has 5 amide bonds. The van der Waals surface area contributed by atoms with Crippen LogP contribution in [0.2, 0.25) is 0 Å². The molecule has 1 heterocycles. The lowest BCUT2D eigenvalue weighted by Gasteiger charge is -2.38. The number of hydrogen-bond donors (Lipinski definition) is 4. The second kappa shape index (κ2) is 13.5. The van der Waals surface area contributed by atoms with Gasteiger partial charge >= 0.3 is 12.1 Å². The third-order valence-electron chi connectivity index (χ3n) is 7.71. The highest BCUT2D eigenvalue weighted by Gasteiger charge is 2.35. The van der Waals surface area contributed by atoms with Gasteiger partial charge in [-0.15, -0.1) is 0 Å². The first kappa shape index (κ1) is 29.2. The summed E-state index contributed by atoms with van der Waals surface area (Å²) >= 11 is 0. The smallest absolute Gasteiger partial charge is 0.321 e.